The minimum Gasteiger partial charge on any atom is -0.306 e. The number of amides is 1. The smallest absolute Gasteiger partial charge is 0.260 e. The summed E-state index contributed by atoms with van der Waals surface area (Å²) in [4.78, 5) is 16.1. The van der Waals surface area contributed by atoms with E-state index >= 15 is 0 Å². The van der Waals surface area contributed by atoms with E-state index in [9.17, 15) is 4.79 Å². The van der Waals surface area contributed by atoms with Crippen molar-refractivity contribution in [1.82, 2.24) is 15.2 Å². The third-order valence-electron chi connectivity index (χ3n) is 2.79. The average molecular weight is 228 g/mol. The number of carbonyl (C=O) groups is 1. The zero-order chi connectivity index (χ0) is 11.7. The number of aromatic amines is 1. The molecule has 0 aromatic carbocycles. The lowest BCUT2D eigenvalue weighted by molar-refractivity contribution is 0.102. The summed E-state index contributed by atoms with van der Waals surface area (Å²) >= 11 is 0. The van der Waals surface area contributed by atoms with E-state index in [0.717, 1.165) is 18.5 Å². The molecule has 1 aliphatic carbocycles. The monoisotopic (exact) mass is 228 g/mol. The molecule has 5 nitrogen and oxygen atoms in total. The molecule has 1 fully saturated rings. The van der Waals surface area contributed by atoms with Gasteiger partial charge in [-0.05, 0) is 25.0 Å². The predicted octanol–water partition coefficient (Wildman–Crippen LogP) is 1.93. The Morgan fingerprint density at radius 3 is 3.00 bits per heavy atom. The number of hydrogen-bond acceptors (Lipinski definition) is 3. The number of nitrogens with one attached hydrogen (secondary N) is 2. The topological polar surface area (TPSA) is 70.7 Å². The van der Waals surface area contributed by atoms with Crippen LogP contribution in [0.25, 0.3) is 0 Å². The second kappa shape index (κ2) is 4.01. The van der Waals surface area contributed by atoms with Gasteiger partial charge < -0.3 is 5.32 Å². The van der Waals surface area contributed by atoms with E-state index in [4.69, 9.17) is 0 Å². The van der Waals surface area contributed by atoms with Crippen LogP contribution in [0.4, 0.5) is 5.82 Å². The second-order valence-electron chi connectivity index (χ2n) is 4.13. The number of hydrogen-bond donors (Lipinski definition) is 2. The molecule has 2 aromatic heterocycles. The lowest BCUT2D eigenvalue weighted by Gasteiger charge is -2.03. The molecular weight excluding hydrogens is 216 g/mol. The summed E-state index contributed by atoms with van der Waals surface area (Å²) in [5.74, 6) is 0.852. The van der Waals surface area contributed by atoms with Gasteiger partial charge in [0.05, 0.1) is 11.3 Å². The molecule has 5 heteroatoms. The van der Waals surface area contributed by atoms with E-state index in [0.29, 0.717) is 17.3 Å². The molecule has 1 saturated carbocycles. The first-order valence-corrected chi connectivity index (χ1v) is 5.60. The highest BCUT2D eigenvalue weighted by molar-refractivity contribution is 6.04. The SMILES string of the molecule is O=C(Nc1ccccn1)c1c[nH]nc1C1CC1. The Kier molecular flexibility index (Phi) is 2.36. The fourth-order valence-corrected chi connectivity index (χ4v) is 1.77. The van der Waals surface area contributed by atoms with Crippen LogP contribution in [0.15, 0.2) is 30.6 Å². The molecule has 0 saturated heterocycles. The number of carbonyl (C=O) groups excluding carboxylic acids is 1. The first-order chi connectivity index (χ1) is 8.34. The van der Waals surface area contributed by atoms with Gasteiger partial charge in [0.15, 0.2) is 0 Å². The highest BCUT2D eigenvalue weighted by atomic mass is 16.1. The van der Waals surface area contributed by atoms with Crippen molar-refractivity contribution in [3.05, 3.63) is 41.9 Å². The zero-order valence-electron chi connectivity index (χ0n) is 9.18. The van der Waals surface area contributed by atoms with Gasteiger partial charge in [-0.15, -0.1) is 0 Å². The van der Waals surface area contributed by atoms with E-state index in [1.807, 2.05) is 12.1 Å². The molecule has 2 heterocycles. The van der Waals surface area contributed by atoms with Gasteiger partial charge in [0.25, 0.3) is 5.91 Å². The van der Waals surface area contributed by atoms with Crippen LogP contribution in [0.3, 0.4) is 0 Å². The van der Waals surface area contributed by atoms with Crippen LogP contribution < -0.4 is 5.32 Å². The fraction of sp³-hybridized carbons (Fsp3) is 0.250. The van der Waals surface area contributed by atoms with Crippen LogP contribution in [0.2, 0.25) is 0 Å². The number of pyridine rings is 1. The van der Waals surface area contributed by atoms with Gasteiger partial charge in [-0.25, -0.2) is 4.98 Å². The third kappa shape index (κ3) is 2.04. The van der Waals surface area contributed by atoms with Gasteiger partial charge in [-0.1, -0.05) is 6.07 Å². The highest BCUT2D eigenvalue weighted by Crippen LogP contribution is 2.40. The summed E-state index contributed by atoms with van der Waals surface area (Å²) in [6, 6.07) is 5.40. The molecule has 1 aliphatic rings. The fourth-order valence-electron chi connectivity index (χ4n) is 1.77. The maximum Gasteiger partial charge on any atom is 0.260 e. The first kappa shape index (κ1) is 10.0. The summed E-state index contributed by atoms with van der Waals surface area (Å²) in [6.45, 7) is 0. The molecule has 3 rings (SSSR count). The van der Waals surface area contributed by atoms with Crippen molar-refractivity contribution >= 4 is 11.7 Å². The summed E-state index contributed by atoms with van der Waals surface area (Å²) in [7, 11) is 0. The van der Waals surface area contributed by atoms with Crippen LogP contribution in [0, 0.1) is 0 Å². The number of anilines is 1. The molecule has 0 radical (unpaired) electrons. The van der Waals surface area contributed by atoms with E-state index in [-0.39, 0.29) is 5.91 Å². The van der Waals surface area contributed by atoms with E-state index in [2.05, 4.69) is 20.5 Å². The Balaban J connectivity index is 1.80. The maximum atomic E-state index is 12.0. The molecule has 86 valence electrons. The number of H-pyrrole nitrogens is 1. The average Bonchev–Trinajstić information content (AvgIpc) is 3.08. The lowest BCUT2D eigenvalue weighted by Crippen LogP contribution is -2.13. The van der Waals surface area contributed by atoms with Crippen LogP contribution >= 0.6 is 0 Å². The quantitative estimate of drug-likeness (QED) is 0.843. The van der Waals surface area contributed by atoms with Crippen molar-refractivity contribution < 1.29 is 4.79 Å². The normalized spacial score (nSPS) is 14.6. The summed E-state index contributed by atoms with van der Waals surface area (Å²) in [5, 5.41) is 9.65. The van der Waals surface area contributed by atoms with Crippen LogP contribution in [0.1, 0.15) is 34.8 Å². The van der Waals surface area contributed by atoms with Crippen LogP contribution in [-0.4, -0.2) is 21.1 Å². The van der Waals surface area contributed by atoms with Gasteiger partial charge in [-0.3, -0.25) is 9.89 Å². The molecule has 2 aromatic rings. The zero-order valence-corrected chi connectivity index (χ0v) is 9.18. The van der Waals surface area contributed by atoms with E-state index in [1.54, 1.807) is 18.5 Å². The van der Waals surface area contributed by atoms with Gasteiger partial charge >= 0.3 is 0 Å². The Bertz CT molecular complexity index is 530. The minimum atomic E-state index is -0.153. The molecule has 0 bridgehead atoms. The highest BCUT2D eigenvalue weighted by Gasteiger charge is 2.30. The molecule has 0 unspecified atom stereocenters. The number of rotatable bonds is 3. The first-order valence-electron chi connectivity index (χ1n) is 5.60. The van der Waals surface area contributed by atoms with Gasteiger partial charge in [-0.2, -0.15) is 5.10 Å². The molecule has 0 aliphatic heterocycles. The van der Waals surface area contributed by atoms with Gasteiger partial charge in [0.2, 0.25) is 0 Å². The Morgan fingerprint density at radius 1 is 1.41 bits per heavy atom. The summed E-state index contributed by atoms with van der Waals surface area (Å²) in [6.07, 6.45) is 5.53. The molecule has 0 spiro atoms. The third-order valence-corrected chi connectivity index (χ3v) is 2.79. The number of aromatic nitrogens is 3. The van der Waals surface area contributed by atoms with Gasteiger partial charge in [0.1, 0.15) is 5.82 Å². The summed E-state index contributed by atoms with van der Waals surface area (Å²) in [5.41, 5.74) is 1.50. The van der Waals surface area contributed by atoms with Crippen molar-refractivity contribution in [3.8, 4) is 0 Å². The molecule has 0 atom stereocenters. The Morgan fingerprint density at radius 2 is 2.29 bits per heavy atom. The molecule has 1 amide bonds. The standard InChI is InChI=1S/C12H12N4O/c17-12(15-10-3-1-2-6-13-10)9-7-14-16-11(9)8-4-5-8/h1-3,6-8H,4-5H2,(H,14,16)(H,13,15,17). The molecule has 17 heavy (non-hydrogen) atoms. The van der Waals surface area contributed by atoms with Crippen molar-refractivity contribution in [2.75, 3.05) is 5.32 Å². The van der Waals surface area contributed by atoms with Crippen molar-refractivity contribution in [3.63, 3.8) is 0 Å². The van der Waals surface area contributed by atoms with Crippen molar-refractivity contribution in [2.24, 2.45) is 0 Å². The lowest BCUT2D eigenvalue weighted by atomic mass is 10.1. The number of nitrogens with zero attached hydrogens (tertiary/aromatic N) is 2. The second-order valence-corrected chi connectivity index (χ2v) is 4.13. The molecular formula is C12H12N4O. The maximum absolute atomic E-state index is 12.0. The largest absolute Gasteiger partial charge is 0.306 e. The predicted molar refractivity (Wildman–Crippen MR) is 62.8 cm³/mol. The van der Waals surface area contributed by atoms with E-state index in [1.165, 1.54) is 0 Å². The minimum absolute atomic E-state index is 0.153. The van der Waals surface area contributed by atoms with Crippen molar-refractivity contribution in [1.29, 1.82) is 0 Å². The Hall–Kier alpha value is -2.17. The van der Waals surface area contributed by atoms with Crippen molar-refractivity contribution in [2.45, 2.75) is 18.8 Å². The van der Waals surface area contributed by atoms with Crippen LogP contribution in [-0.2, 0) is 0 Å². The van der Waals surface area contributed by atoms with Crippen LogP contribution in [0.5, 0.6) is 0 Å². The van der Waals surface area contributed by atoms with E-state index < -0.39 is 0 Å². The van der Waals surface area contributed by atoms with Gasteiger partial charge in [0, 0.05) is 18.3 Å². The molecule has 2 N–H and O–H groups in total. The Labute approximate surface area is 98.3 Å². The summed E-state index contributed by atoms with van der Waals surface area (Å²) < 4.78 is 0.